The van der Waals surface area contributed by atoms with Gasteiger partial charge in [0.25, 0.3) is 0 Å². The van der Waals surface area contributed by atoms with Crippen LogP contribution in [0.4, 0.5) is 0 Å². The highest BCUT2D eigenvalue weighted by Crippen LogP contribution is 2.28. The Morgan fingerprint density at radius 2 is 1.76 bits per heavy atom. The van der Waals surface area contributed by atoms with Crippen molar-refractivity contribution in [2.75, 3.05) is 0 Å². The van der Waals surface area contributed by atoms with Gasteiger partial charge in [-0.1, -0.05) is 61.7 Å². The third kappa shape index (κ3) is 3.06. The number of rotatable bonds is 2. The van der Waals surface area contributed by atoms with Gasteiger partial charge in [-0.05, 0) is 19.3 Å². The number of benzene rings is 1. The molecule has 0 aromatic heterocycles. The van der Waals surface area contributed by atoms with Crippen molar-refractivity contribution in [3.63, 3.8) is 0 Å². The van der Waals surface area contributed by atoms with Crippen LogP contribution in [0, 0.1) is 5.92 Å². The Labute approximate surface area is 104 Å². The van der Waals surface area contributed by atoms with E-state index in [0.29, 0.717) is 0 Å². The Hall–Kier alpha value is -1.37. The number of Topliss-reactive ketones (excluding diaryl/α,β-unsaturated/α-hetero) is 1. The van der Waals surface area contributed by atoms with E-state index in [-0.39, 0.29) is 11.7 Å². The van der Waals surface area contributed by atoms with Gasteiger partial charge in [0.05, 0.1) is 0 Å². The van der Waals surface area contributed by atoms with Crippen molar-refractivity contribution in [1.29, 1.82) is 0 Å². The zero-order chi connectivity index (χ0) is 12.1. The predicted molar refractivity (Wildman–Crippen MR) is 71.1 cm³/mol. The largest absolute Gasteiger partial charge is 0.294 e. The van der Waals surface area contributed by atoms with Crippen LogP contribution in [0.15, 0.2) is 42.5 Å². The van der Waals surface area contributed by atoms with Crippen LogP contribution in [-0.4, -0.2) is 5.78 Å². The molecule has 1 aromatic rings. The summed E-state index contributed by atoms with van der Waals surface area (Å²) in [6.07, 6.45) is 6.88. The van der Waals surface area contributed by atoms with Crippen molar-refractivity contribution in [1.82, 2.24) is 0 Å². The number of allylic oxidation sites excluding steroid dienone is 1. The lowest BCUT2D eigenvalue weighted by Gasteiger charge is -2.21. The van der Waals surface area contributed by atoms with Crippen LogP contribution >= 0.6 is 0 Å². The van der Waals surface area contributed by atoms with Gasteiger partial charge in [0.15, 0.2) is 5.78 Å². The molecule has 2 rings (SSSR count). The maximum atomic E-state index is 12.4. The van der Waals surface area contributed by atoms with Gasteiger partial charge in [-0.25, -0.2) is 0 Å². The van der Waals surface area contributed by atoms with Crippen molar-refractivity contribution in [2.24, 2.45) is 5.92 Å². The van der Waals surface area contributed by atoms with E-state index in [1.165, 1.54) is 19.3 Å². The van der Waals surface area contributed by atoms with Crippen LogP contribution in [0.5, 0.6) is 0 Å². The Morgan fingerprint density at radius 3 is 2.53 bits per heavy atom. The Morgan fingerprint density at radius 1 is 1.06 bits per heavy atom. The normalized spacial score (nSPS) is 21.6. The smallest absolute Gasteiger partial charge is 0.169 e. The third-order valence-corrected chi connectivity index (χ3v) is 3.61. The zero-order valence-electron chi connectivity index (χ0n) is 10.3. The van der Waals surface area contributed by atoms with E-state index in [0.717, 1.165) is 30.4 Å². The maximum Gasteiger partial charge on any atom is 0.169 e. The molecule has 0 spiro atoms. The third-order valence-electron chi connectivity index (χ3n) is 3.61. The van der Waals surface area contributed by atoms with Crippen molar-refractivity contribution < 1.29 is 4.79 Å². The molecule has 1 unspecified atom stereocenters. The summed E-state index contributed by atoms with van der Waals surface area (Å²) in [5, 5.41) is 0. The number of ketones is 1. The monoisotopic (exact) mass is 228 g/mol. The molecule has 0 bridgehead atoms. The van der Waals surface area contributed by atoms with Gasteiger partial charge in [-0.3, -0.25) is 4.79 Å². The van der Waals surface area contributed by atoms with Gasteiger partial charge in [-0.15, -0.1) is 0 Å². The summed E-state index contributed by atoms with van der Waals surface area (Å²) in [5.41, 5.74) is 1.97. The first-order chi connectivity index (χ1) is 8.29. The molecule has 0 saturated heterocycles. The fraction of sp³-hybridized carbons (Fsp3) is 0.438. The zero-order valence-corrected chi connectivity index (χ0v) is 10.3. The molecule has 17 heavy (non-hydrogen) atoms. The Balaban J connectivity index is 2.13. The lowest BCUT2D eigenvalue weighted by Crippen LogP contribution is -2.18. The molecule has 90 valence electrons. The van der Waals surface area contributed by atoms with Crippen LogP contribution in [0.3, 0.4) is 0 Å². The molecule has 0 heterocycles. The van der Waals surface area contributed by atoms with Gasteiger partial charge < -0.3 is 0 Å². The van der Waals surface area contributed by atoms with E-state index in [4.69, 9.17) is 0 Å². The molecule has 0 amide bonds. The summed E-state index contributed by atoms with van der Waals surface area (Å²) in [7, 11) is 0. The minimum Gasteiger partial charge on any atom is -0.294 e. The van der Waals surface area contributed by atoms with Crippen LogP contribution in [0.1, 0.15) is 48.9 Å². The molecule has 1 fully saturated rings. The van der Waals surface area contributed by atoms with Gasteiger partial charge in [0.1, 0.15) is 0 Å². The Kier molecular flexibility index (Phi) is 4.13. The molecular weight excluding hydrogens is 208 g/mol. The van der Waals surface area contributed by atoms with E-state index >= 15 is 0 Å². The highest BCUT2D eigenvalue weighted by Gasteiger charge is 2.23. The predicted octanol–water partition coefficient (Wildman–Crippen LogP) is 4.40. The molecule has 1 saturated carbocycles. The highest BCUT2D eigenvalue weighted by molar-refractivity contribution is 5.99. The lowest BCUT2D eigenvalue weighted by atomic mass is 9.82. The van der Waals surface area contributed by atoms with Crippen LogP contribution in [0.2, 0.25) is 0 Å². The average molecular weight is 228 g/mol. The van der Waals surface area contributed by atoms with E-state index in [9.17, 15) is 4.79 Å². The first kappa shape index (κ1) is 12.1. The van der Waals surface area contributed by atoms with Gasteiger partial charge in [0.2, 0.25) is 0 Å². The van der Waals surface area contributed by atoms with Crippen LogP contribution < -0.4 is 0 Å². The SMILES string of the molecule is C=C1CCCCCCC1C(=O)c1ccccc1. The minimum atomic E-state index is 0.0534. The van der Waals surface area contributed by atoms with Crippen LogP contribution in [0.25, 0.3) is 0 Å². The summed E-state index contributed by atoms with van der Waals surface area (Å²) in [6.45, 7) is 4.12. The second kappa shape index (κ2) is 5.81. The maximum absolute atomic E-state index is 12.4. The second-order valence-corrected chi connectivity index (χ2v) is 4.89. The van der Waals surface area contributed by atoms with E-state index in [2.05, 4.69) is 6.58 Å². The fourth-order valence-corrected chi connectivity index (χ4v) is 2.55. The standard InChI is InChI=1S/C16H20O/c1-13-9-5-2-3-8-12-15(13)16(17)14-10-6-4-7-11-14/h4,6-7,10-11,15H,1-3,5,8-9,12H2. The van der Waals surface area contributed by atoms with Crippen molar-refractivity contribution in [3.05, 3.63) is 48.0 Å². The molecule has 1 aliphatic rings. The summed E-state index contributed by atoms with van der Waals surface area (Å²) < 4.78 is 0. The minimum absolute atomic E-state index is 0.0534. The molecule has 0 N–H and O–H groups in total. The highest BCUT2D eigenvalue weighted by atomic mass is 16.1. The number of carbonyl (C=O) groups excluding carboxylic acids is 1. The van der Waals surface area contributed by atoms with E-state index in [1.54, 1.807) is 0 Å². The van der Waals surface area contributed by atoms with Crippen molar-refractivity contribution in [2.45, 2.75) is 38.5 Å². The average Bonchev–Trinajstić information content (AvgIpc) is 2.35. The molecule has 1 nitrogen and oxygen atoms in total. The number of hydrogen-bond donors (Lipinski definition) is 0. The molecule has 1 atom stereocenters. The number of carbonyl (C=O) groups is 1. The van der Waals surface area contributed by atoms with Crippen molar-refractivity contribution >= 4 is 5.78 Å². The quantitative estimate of drug-likeness (QED) is 0.541. The summed E-state index contributed by atoms with van der Waals surface area (Å²) in [5.74, 6) is 0.315. The topological polar surface area (TPSA) is 17.1 Å². The second-order valence-electron chi connectivity index (χ2n) is 4.89. The Bertz CT molecular complexity index is 391. The van der Waals surface area contributed by atoms with Gasteiger partial charge in [0, 0.05) is 11.5 Å². The van der Waals surface area contributed by atoms with Gasteiger partial charge >= 0.3 is 0 Å². The first-order valence-electron chi connectivity index (χ1n) is 6.56. The summed E-state index contributed by atoms with van der Waals surface area (Å²) in [4.78, 5) is 12.4. The molecular formula is C16H20O. The van der Waals surface area contributed by atoms with Crippen LogP contribution in [-0.2, 0) is 0 Å². The van der Waals surface area contributed by atoms with E-state index in [1.807, 2.05) is 30.3 Å². The van der Waals surface area contributed by atoms with Crippen molar-refractivity contribution in [3.8, 4) is 0 Å². The first-order valence-corrected chi connectivity index (χ1v) is 6.56. The molecule has 1 heteroatoms. The summed E-state index contributed by atoms with van der Waals surface area (Å²) >= 11 is 0. The fourth-order valence-electron chi connectivity index (χ4n) is 2.55. The molecule has 1 aliphatic carbocycles. The van der Waals surface area contributed by atoms with Gasteiger partial charge in [-0.2, -0.15) is 0 Å². The lowest BCUT2D eigenvalue weighted by molar-refractivity contribution is 0.0929. The molecule has 0 aliphatic heterocycles. The molecule has 1 aromatic carbocycles. The number of hydrogen-bond acceptors (Lipinski definition) is 1. The molecule has 0 radical (unpaired) electrons. The summed E-state index contributed by atoms with van der Waals surface area (Å²) in [6, 6.07) is 9.63. The van der Waals surface area contributed by atoms with E-state index < -0.39 is 0 Å².